The van der Waals surface area contributed by atoms with Gasteiger partial charge in [-0.2, -0.15) is 4.31 Å². The van der Waals surface area contributed by atoms with Gasteiger partial charge in [-0.25, -0.2) is 8.42 Å². The number of nitrogens with zero attached hydrogens (tertiary/aromatic N) is 2. The third-order valence-corrected chi connectivity index (χ3v) is 5.95. The number of hydrogen-bond donors (Lipinski definition) is 0. The molecule has 2 heterocycles. The molecule has 128 valence electrons. The van der Waals surface area contributed by atoms with Gasteiger partial charge in [-0.3, -0.25) is 14.9 Å². The van der Waals surface area contributed by atoms with Crippen LogP contribution in [0, 0.1) is 16.0 Å². The van der Waals surface area contributed by atoms with Crippen molar-refractivity contribution in [3.63, 3.8) is 0 Å². The maximum absolute atomic E-state index is 12.6. The van der Waals surface area contributed by atoms with Gasteiger partial charge in [0.1, 0.15) is 5.76 Å². The Morgan fingerprint density at radius 3 is 2.75 bits per heavy atom. The molecule has 0 aromatic heterocycles. The van der Waals surface area contributed by atoms with E-state index in [0.717, 1.165) is 16.8 Å². The van der Waals surface area contributed by atoms with Crippen molar-refractivity contribution >= 4 is 21.7 Å². The first-order valence-electron chi connectivity index (χ1n) is 7.55. The summed E-state index contributed by atoms with van der Waals surface area (Å²) in [5.74, 6) is -0.399. The second-order valence-corrected chi connectivity index (χ2v) is 7.56. The molecule has 0 saturated carbocycles. The van der Waals surface area contributed by atoms with Crippen LogP contribution in [-0.4, -0.2) is 36.2 Å². The van der Waals surface area contributed by atoms with E-state index in [1.165, 1.54) is 18.2 Å². The maximum Gasteiger partial charge on any atom is 0.318 e. The normalized spacial score (nSPS) is 26.0. The molecule has 3 atom stereocenters. The molecular weight excluding hydrogens is 336 g/mol. The Bertz CT molecular complexity index is 832. The molecule has 0 bridgehead atoms. The molecule has 9 heteroatoms. The third-order valence-electron chi connectivity index (χ3n) is 4.03. The summed E-state index contributed by atoms with van der Waals surface area (Å²) in [6.45, 7) is 2.09. The summed E-state index contributed by atoms with van der Waals surface area (Å²) in [4.78, 5) is 21.7. The molecule has 1 aromatic rings. The lowest BCUT2D eigenvalue weighted by molar-refractivity contribution is -0.387. The van der Waals surface area contributed by atoms with Crippen LogP contribution >= 0.6 is 0 Å². The van der Waals surface area contributed by atoms with E-state index in [1.54, 1.807) is 6.08 Å². The number of benzene rings is 1. The fraction of sp³-hybridized carbons (Fsp3) is 0.400. The van der Waals surface area contributed by atoms with E-state index in [0.29, 0.717) is 12.2 Å². The number of esters is 1. The number of cyclic esters (lactones) is 1. The number of hydrogen-bond acceptors (Lipinski definition) is 6. The predicted molar refractivity (Wildman–Crippen MR) is 83.3 cm³/mol. The molecule has 24 heavy (non-hydrogen) atoms. The quantitative estimate of drug-likeness (QED) is 0.334. The monoisotopic (exact) mass is 352 g/mol. The fourth-order valence-corrected chi connectivity index (χ4v) is 4.44. The van der Waals surface area contributed by atoms with Crippen molar-refractivity contribution in [2.45, 2.75) is 30.7 Å². The number of ether oxygens (including phenoxy) is 1. The zero-order valence-corrected chi connectivity index (χ0v) is 13.7. The van der Waals surface area contributed by atoms with E-state index >= 15 is 0 Å². The molecule has 1 fully saturated rings. The first-order chi connectivity index (χ1) is 11.4. The number of sulfonamides is 1. The van der Waals surface area contributed by atoms with Crippen molar-refractivity contribution in [3.8, 4) is 0 Å². The molecule has 2 aliphatic rings. The smallest absolute Gasteiger partial charge is 0.318 e. The van der Waals surface area contributed by atoms with Gasteiger partial charge in [-0.1, -0.05) is 25.5 Å². The first-order valence-corrected chi connectivity index (χ1v) is 8.99. The third kappa shape index (κ3) is 2.80. The Morgan fingerprint density at radius 1 is 1.38 bits per heavy atom. The van der Waals surface area contributed by atoms with Crippen LogP contribution in [0.25, 0.3) is 0 Å². The lowest BCUT2D eigenvalue weighted by atomic mass is 10.0. The molecule has 0 N–H and O–H groups in total. The molecule has 3 rings (SSSR count). The van der Waals surface area contributed by atoms with E-state index in [4.69, 9.17) is 4.74 Å². The molecule has 1 aromatic carbocycles. The summed E-state index contributed by atoms with van der Waals surface area (Å²) >= 11 is 0. The van der Waals surface area contributed by atoms with Crippen molar-refractivity contribution < 1.29 is 22.9 Å². The van der Waals surface area contributed by atoms with Gasteiger partial charge < -0.3 is 4.74 Å². The van der Waals surface area contributed by atoms with Gasteiger partial charge in [0.25, 0.3) is 15.7 Å². The number of rotatable bonds is 6. The zero-order valence-electron chi connectivity index (χ0n) is 12.9. The Morgan fingerprint density at radius 2 is 2.08 bits per heavy atom. The zero-order chi connectivity index (χ0) is 17.5. The van der Waals surface area contributed by atoms with Crippen molar-refractivity contribution in [1.29, 1.82) is 0 Å². The Hall–Kier alpha value is -2.26. The van der Waals surface area contributed by atoms with Gasteiger partial charge in [-0.05, 0) is 18.6 Å². The minimum Gasteiger partial charge on any atom is -0.429 e. The molecule has 0 amide bonds. The molecule has 0 aliphatic carbocycles. The summed E-state index contributed by atoms with van der Waals surface area (Å²) in [6.07, 6.45) is 3.11. The van der Waals surface area contributed by atoms with Gasteiger partial charge >= 0.3 is 5.97 Å². The van der Waals surface area contributed by atoms with E-state index < -0.39 is 26.7 Å². The molecule has 1 saturated heterocycles. The number of para-hydroxylation sites is 1. The number of nitro groups is 1. The Labute approximate surface area is 138 Å². The lowest BCUT2D eigenvalue weighted by Gasteiger charge is -2.07. The fourth-order valence-electron chi connectivity index (χ4n) is 2.76. The largest absolute Gasteiger partial charge is 0.429 e. The van der Waals surface area contributed by atoms with Crippen molar-refractivity contribution in [3.05, 3.63) is 46.2 Å². The second-order valence-electron chi connectivity index (χ2n) is 5.70. The topological polar surface area (TPSA) is 107 Å². The van der Waals surface area contributed by atoms with Crippen LogP contribution in [0.15, 0.2) is 41.0 Å². The van der Waals surface area contributed by atoms with E-state index in [2.05, 4.69) is 0 Å². The highest BCUT2D eigenvalue weighted by atomic mass is 32.2. The van der Waals surface area contributed by atoms with Crippen LogP contribution in [0.3, 0.4) is 0 Å². The molecule has 1 unspecified atom stereocenters. The lowest BCUT2D eigenvalue weighted by Crippen LogP contribution is -2.17. The highest BCUT2D eigenvalue weighted by Gasteiger charge is 2.51. The molecule has 0 radical (unpaired) electrons. The minimum absolute atomic E-state index is 0.145. The van der Waals surface area contributed by atoms with Crippen LogP contribution in [0.5, 0.6) is 0 Å². The van der Waals surface area contributed by atoms with Gasteiger partial charge in [-0.15, -0.1) is 0 Å². The highest BCUT2D eigenvalue weighted by molar-refractivity contribution is 7.89. The highest BCUT2D eigenvalue weighted by Crippen LogP contribution is 2.39. The summed E-state index contributed by atoms with van der Waals surface area (Å²) < 4.78 is 31.5. The van der Waals surface area contributed by atoms with Crippen molar-refractivity contribution in [2.75, 3.05) is 6.54 Å². The summed E-state index contributed by atoms with van der Waals surface area (Å²) in [7, 11) is -4.02. The standard InChI is InChI=1S/C15H16N2O6S/c1-2-5-10-8-13(23-15(10)18)12-9-16(12)24(21,22)14-7-4-3-6-11(14)17(19)20/h3-4,6-8,10,12H,2,5,9H2,1H3/t10-,12?,16+/m1/s1. The van der Waals surface area contributed by atoms with Crippen LogP contribution in [0.2, 0.25) is 0 Å². The number of carbonyl (C=O) groups is 1. The van der Waals surface area contributed by atoms with Crippen LogP contribution in [-0.2, 0) is 19.6 Å². The van der Waals surface area contributed by atoms with Crippen LogP contribution in [0.4, 0.5) is 5.69 Å². The molecule has 8 nitrogen and oxygen atoms in total. The predicted octanol–water partition coefficient (Wildman–Crippen LogP) is 1.82. The number of carbonyl (C=O) groups excluding carboxylic acids is 1. The first kappa shape index (κ1) is 16.6. The van der Waals surface area contributed by atoms with Crippen molar-refractivity contribution in [2.24, 2.45) is 5.92 Å². The summed E-state index contributed by atoms with van der Waals surface area (Å²) in [6, 6.07) is 4.63. The maximum atomic E-state index is 12.6. The van der Waals surface area contributed by atoms with E-state index in [-0.39, 0.29) is 23.3 Å². The molecular formula is C15H16N2O6S. The van der Waals surface area contributed by atoms with Crippen LogP contribution in [0.1, 0.15) is 19.8 Å². The van der Waals surface area contributed by atoms with E-state index in [9.17, 15) is 23.3 Å². The van der Waals surface area contributed by atoms with Gasteiger partial charge in [0, 0.05) is 12.6 Å². The van der Waals surface area contributed by atoms with Crippen LogP contribution < -0.4 is 0 Å². The second kappa shape index (κ2) is 5.99. The Kier molecular flexibility index (Phi) is 4.14. The molecule has 2 aliphatic heterocycles. The SMILES string of the molecule is CCC[C@@H]1C=C(C2C[N@]2S(=O)(=O)c2ccccc2[N+](=O)[O-])OC1=O. The van der Waals surface area contributed by atoms with Crippen molar-refractivity contribution in [1.82, 2.24) is 4.31 Å². The summed E-state index contributed by atoms with van der Waals surface area (Å²) in [5, 5.41) is 11.0. The Balaban J connectivity index is 1.84. The minimum atomic E-state index is -4.02. The van der Waals surface area contributed by atoms with Gasteiger partial charge in [0.2, 0.25) is 0 Å². The average molecular weight is 352 g/mol. The van der Waals surface area contributed by atoms with Gasteiger partial charge in [0.05, 0.1) is 16.9 Å². The van der Waals surface area contributed by atoms with Gasteiger partial charge in [0.15, 0.2) is 4.90 Å². The average Bonchev–Trinajstić information content (AvgIpc) is 3.28. The summed E-state index contributed by atoms with van der Waals surface area (Å²) in [5.41, 5.74) is -0.468. The van der Waals surface area contributed by atoms with E-state index in [1.807, 2.05) is 6.92 Å². The number of nitro benzene ring substituents is 1. The molecule has 0 spiro atoms.